The van der Waals surface area contributed by atoms with Gasteiger partial charge in [0.2, 0.25) is 0 Å². The van der Waals surface area contributed by atoms with Gasteiger partial charge in [0.05, 0.1) is 0 Å². The molecular weight excluding hydrogens is 216 g/mol. The predicted molar refractivity (Wildman–Crippen MR) is 73.2 cm³/mol. The van der Waals surface area contributed by atoms with Crippen molar-refractivity contribution in [2.24, 2.45) is 5.92 Å². The van der Waals surface area contributed by atoms with Gasteiger partial charge in [0, 0.05) is 30.1 Å². The largest absolute Gasteiger partial charge is 0.316 e. The van der Waals surface area contributed by atoms with Crippen molar-refractivity contribution >= 4 is 11.8 Å². The average Bonchev–Trinajstić information content (AvgIpc) is 2.26. The molecule has 2 rings (SSSR count). The van der Waals surface area contributed by atoms with E-state index in [2.05, 4.69) is 35.8 Å². The summed E-state index contributed by atoms with van der Waals surface area (Å²) in [5, 5.41) is 3.59. The molecule has 0 aromatic rings. The Bertz CT molecular complexity index is 210. The third-order valence-electron chi connectivity index (χ3n) is 4.06. The summed E-state index contributed by atoms with van der Waals surface area (Å²) >= 11 is 2.12. The highest BCUT2D eigenvalue weighted by atomic mass is 32.2. The molecule has 0 aromatic heterocycles. The Morgan fingerprint density at radius 2 is 2.25 bits per heavy atom. The first kappa shape index (κ1) is 12.7. The summed E-state index contributed by atoms with van der Waals surface area (Å²) in [7, 11) is 0. The van der Waals surface area contributed by atoms with Gasteiger partial charge in [0.1, 0.15) is 0 Å². The van der Waals surface area contributed by atoms with Crippen LogP contribution in [0, 0.1) is 5.92 Å². The number of nitrogens with one attached hydrogen (secondary N) is 1. The first-order valence-corrected chi connectivity index (χ1v) is 8.02. The Hall–Kier alpha value is 0.270. The van der Waals surface area contributed by atoms with Crippen LogP contribution in [0.1, 0.15) is 33.1 Å². The van der Waals surface area contributed by atoms with Crippen molar-refractivity contribution in [1.29, 1.82) is 0 Å². The standard InChI is InChI=1S/C13H26N2S/c1-3-6-14-9-12-4-5-13(12)15-7-8-16-10-11(15)2/h11-14H,3-10H2,1-2H3. The normalized spacial score (nSPS) is 36.0. The van der Waals surface area contributed by atoms with Crippen LogP contribution in [0.3, 0.4) is 0 Å². The molecular formula is C13H26N2S. The fourth-order valence-corrected chi connectivity index (χ4v) is 3.96. The second kappa shape index (κ2) is 6.27. The van der Waals surface area contributed by atoms with E-state index in [0.717, 1.165) is 18.0 Å². The summed E-state index contributed by atoms with van der Waals surface area (Å²) in [6, 6.07) is 1.69. The zero-order valence-corrected chi connectivity index (χ0v) is 11.6. The van der Waals surface area contributed by atoms with E-state index < -0.39 is 0 Å². The number of nitrogens with zero attached hydrogens (tertiary/aromatic N) is 1. The zero-order valence-electron chi connectivity index (χ0n) is 10.7. The van der Waals surface area contributed by atoms with E-state index in [9.17, 15) is 0 Å². The monoisotopic (exact) mass is 242 g/mol. The Balaban J connectivity index is 1.75. The Morgan fingerprint density at radius 3 is 2.88 bits per heavy atom. The summed E-state index contributed by atoms with van der Waals surface area (Å²) in [4.78, 5) is 2.78. The summed E-state index contributed by atoms with van der Waals surface area (Å²) in [6.07, 6.45) is 4.14. The predicted octanol–water partition coefficient (Wildman–Crippen LogP) is 2.20. The number of rotatable bonds is 5. The third kappa shape index (κ3) is 2.93. The lowest BCUT2D eigenvalue weighted by Gasteiger charge is -2.48. The molecule has 2 fully saturated rings. The van der Waals surface area contributed by atoms with E-state index in [1.807, 2.05) is 0 Å². The van der Waals surface area contributed by atoms with Crippen LogP contribution in [-0.2, 0) is 0 Å². The fraction of sp³-hybridized carbons (Fsp3) is 1.00. The molecule has 1 heterocycles. The lowest BCUT2D eigenvalue weighted by molar-refractivity contribution is 0.0422. The van der Waals surface area contributed by atoms with Gasteiger partial charge in [-0.05, 0) is 45.2 Å². The summed E-state index contributed by atoms with van der Waals surface area (Å²) in [5.74, 6) is 3.61. The van der Waals surface area contributed by atoms with Crippen LogP contribution in [0.4, 0.5) is 0 Å². The molecule has 3 atom stereocenters. The van der Waals surface area contributed by atoms with Gasteiger partial charge in [-0.1, -0.05) is 6.92 Å². The van der Waals surface area contributed by atoms with Crippen molar-refractivity contribution in [3.63, 3.8) is 0 Å². The van der Waals surface area contributed by atoms with E-state index in [-0.39, 0.29) is 0 Å². The van der Waals surface area contributed by atoms with Gasteiger partial charge in [0.25, 0.3) is 0 Å². The minimum absolute atomic E-state index is 0.803. The molecule has 94 valence electrons. The Morgan fingerprint density at radius 1 is 1.38 bits per heavy atom. The fourth-order valence-electron chi connectivity index (χ4n) is 2.92. The van der Waals surface area contributed by atoms with E-state index >= 15 is 0 Å². The van der Waals surface area contributed by atoms with Crippen LogP contribution in [0.2, 0.25) is 0 Å². The highest BCUT2D eigenvalue weighted by Gasteiger charge is 2.37. The first-order valence-electron chi connectivity index (χ1n) is 6.87. The minimum atomic E-state index is 0.803. The average molecular weight is 242 g/mol. The van der Waals surface area contributed by atoms with Gasteiger partial charge in [-0.3, -0.25) is 4.90 Å². The van der Waals surface area contributed by atoms with Crippen molar-refractivity contribution in [2.45, 2.75) is 45.2 Å². The first-order chi connectivity index (χ1) is 7.83. The van der Waals surface area contributed by atoms with Crippen molar-refractivity contribution in [3.8, 4) is 0 Å². The van der Waals surface area contributed by atoms with Crippen LogP contribution < -0.4 is 5.32 Å². The van der Waals surface area contributed by atoms with Gasteiger partial charge in [-0.15, -0.1) is 0 Å². The van der Waals surface area contributed by atoms with Crippen LogP contribution in [0.15, 0.2) is 0 Å². The second-order valence-electron chi connectivity index (χ2n) is 5.27. The number of hydrogen-bond acceptors (Lipinski definition) is 3. The van der Waals surface area contributed by atoms with Crippen LogP contribution in [-0.4, -0.2) is 48.1 Å². The minimum Gasteiger partial charge on any atom is -0.316 e. The van der Waals surface area contributed by atoms with E-state index in [4.69, 9.17) is 0 Å². The highest BCUT2D eigenvalue weighted by molar-refractivity contribution is 7.99. The van der Waals surface area contributed by atoms with Crippen molar-refractivity contribution in [2.75, 3.05) is 31.1 Å². The van der Waals surface area contributed by atoms with Crippen molar-refractivity contribution < 1.29 is 0 Å². The molecule has 1 aliphatic carbocycles. The molecule has 3 unspecified atom stereocenters. The molecule has 2 nitrogen and oxygen atoms in total. The SMILES string of the molecule is CCCNCC1CCC1N1CCSCC1C. The van der Waals surface area contributed by atoms with Gasteiger partial charge in [-0.2, -0.15) is 11.8 Å². The molecule has 1 N–H and O–H groups in total. The van der Waals surface area contributed by atoms with E-state index in [0.29, 0.717) is 0 Å². The number of hydrogen-bond donors (Lipinski definition) is 1. The molecule has 3 heteroatoms. The molecule has 2 aliphatic rings. The maximum Gasteiger partial charge on any atom is 0.0161 e. The highest BCUT2D eigenvalue weighted by Crippen LogP contribution is 2.34. The second-order valence-corrected chi connectivity index (χ2v) is 6.42. The lowest BCUT2D eigenvalue weighted by Crippen LogP contribution is -2.56. The number of thioether (sulfide) groups is 1. The maximum atomic E-state index is 3.59. The summed E-state index contributed by atoms with van der Waals surface area (Å²) in [5.41, 5.74) is 0. The Kier molecular flexibility index (Phi) is 4.98. The van der Waals surface area contributed by atoms with Gasteiger partial charge in [0.15, 0.2) is 0 Å². The summed E-state index contributed by atoms with van der Waals surface area (Å²) in [6.45, 7) is 8.40. The molecule has 1 aliphatic heterocycles. The summed E-state index contributed by atoms with van der Waals surface area (Å²) < 4.78 is 0. The topological polar surface area (TPSA) is 15.3 Å². The third-order valence-corrected chi connectivity index (χ3v) is 5.25. The van der Waals surface area contributed by atoms with Gasteiger partial charge >= 0.3 is 0 Å². The quantitative estimate of drug-likeness (QED) is 0.744. The van der Waals surface area contributed by atoms with E-state index in [1.165, 1.54) is 50.4 Å². The molecule has 1 saturated heterocycles. The van der Waals surface area contributed by atoms with Crippen LogP contribution in [0.25, 0.3) is 0 Å². The van der Waals surface area contributed by atoms with Gasteiger partial charge in [-0.25, -0.2) is 0 Å². The molecule has 16 heavy (non-hydrogen) atoms. The molecule has 0 amide bonds. The molecule has 0 aromatic carbocycles. The van der Waals surface area contributed by atoms with Crippen molar-refractivity contribution in [1.82, 2.24) is 10.2 Å². The molecule has 1 saturated carbocycles. The molecule has 0 radical (unpaired) electrons. The maximum absolute atomic E-state index is 3.59. The van der Waals surface area contributed by atoms with Crippen LogP contribution >= 0.6 is 11.8 Å². The van der Waals surface area contributed by atoms with Crippen LogP contribution in [0.5, 0.6) is 0 Å². The lowest BCUT2D eigenvalue weighted by atomic mass is 9.77. The smallest absolute Gasteiger partial charge is 0.0161 e. The zero-order chi connectivity index (χ0) is 11.4. The van der Waals surface area contributed by atoms with Crippen molar-refractivity contribution in [3.05, 3.63) is 0 Å². The molecule has 0 spiro atoms. The Labute approximate surface area is 105 Å². The molecule has 0 bridgehead atoms. The van der Waals surface area contributed by atoms with Gasteiger partial charge < -0.3 is 5.32 Å². The van der Waals surface area contributed by atoms with E-state index in [1.54, 1.807) is 0 Å².